The molecule has 2 aromatic rings. The van der Waals surface area contributed by atoms with Crippen molar-refractivity contribution < 1.29 is 4.74 Å². The van der Waals surface area contributed by atoms with Crippen molar-refractivity contribution >= 4 is 0 Å². The van der Waals surface area contributed by atoms with Gasteiger partial charge in [0.25, 0.3) is 0 Å². The Kier molecular flexibility index (Phi) is 4.07. The van der Waals surface area contributed by atoms with Crippen molar-refractivity contribution in [2.45, 2.75) is 26.8 Å². The first-order chi connectivity index (χ1) is 9.51. The van der Waals surface area contributed by atoms with E-state index in [1.165, 1.54) is 0 Å². The minimum absolute atomic E-state index is 0.0161. The molecule has 1 unspecified atom stereocenters. The number of nitrogens with two attached hydrogens (primary N) is 1. The van der Waals surface area contributed by atoms with Crippen molar-refractivity contribution in [1.82, 2.24) is 0 Å². The predicted octanol–water partition coefficient (Wildman–Crippen LogP) is 3.99. The number of hydrogen-bond acceptors (Lipinski definition) is 3. The SMILES string of the molecule is Cc1cc(C#N)cc(C)c1Oc1ccc(C(C)N)cc1. The number of hydrogen-bond donors (Lipinski definition) is 1. The zero-order valence-electron chi connectivity index (χ0n) is 12.0. The molecule has 2 N–H and O–H groups in total. The molecule has 3 heteroatoms. The fraction of sp³-hybridized carbons (Fsp3) is 0.235. The van der Waals surface area contributed by atoms with Gasteiger partial charge in [0.05, 0.1) is 11.6 Å². The van der Waals surface area contributed by atoms with Crippen LogP contribution >= 0.6 is 0 Å². The molecule has 0 aliphatic heterocycles. The van der Waals surface area contributed by atoms with E-state index in [0.29, 0.717) is 5.56 Å². The van der Waals surface area contributed by atoms with Crippen LogP contribution in [-0.2, 0) is 0 Å². The van der Waals surface area contributed by atoms with Crippen molar-refractivity contribution in [2.75, 3.05) is 0 Å². The van der Waals surface area contributed by atoms with Gasteiger partial charge in [-0.05, 0) is 61.7 Å². The lowest BCUT2D eigenvalue weighted by molar-refractivity contribution is 0.474. The Bertz CT molecular complexity index is 629. The van der Waals surface area contributed by atoms with Gasteiger partial charge >= 0.3 is 0 Å². The smallest absolute Gasteiger partial charge is 0.133 e. The van der Waals surface area contributed by atoms with Crippen LogP contribution in [0.1, 0.15) is 35.2 Å². The Balaban J connectivity index is 2.28. The van der Waals surface area contributed by atoms with Crippen LogP contribution in [0.15, 0.2) is 36.4 Å². The maximum atomic E-state index is 8.95. The van der Waals surface area contributed by atoms with Gasteiger partial charge in [0, 0.05) is 6.04 Å². The van der Waals surface area contributed by atoms with Crippen molar-refractivity contribution in [3.63, 3.8) is 0 Å². The summed E-state index contributed by atoms with van der Waals surface area (Å²) < 4.78 is 5.92. The first kappa shape index (κ1) is 14.1. The van der Waals surface area contributed by atoms with Crippen molar-refractivity contribution in [3.8, 4) is 17.6 Å². The molecule has 1 atom stereocenters. The lowest BCUT2D eigenvalue weighted by atomic mass is 10.1. The van der Waals surface area contributed by atoms with Crippen LogP contribution in [0, 0.1) is 25.2 Å². The largest absolute Gasteiger partial charge is 0.457 e. The molecule has 20 heavy (non-hydrogen) atoms. The fourth-order valence-electron chi connectivity index (χ4n) is 2.13. The zero-order chi connectivity index (χ0) is 14.7. The van der Waals surface area contributed by atoms with Gasteiger partial charge in [-0.1, -0.05) is 12.1 Å². The second kappa shape index (κ2) is 5.77. The second-order valence-electron chi connectivity index (χ2n) is 5.01. The van der Waals surface area contributed by atoms with Crippen molar-refractivity contribution in [1.29, 1.82) is 5.26 Å². The van der Waals surface area contributed by atoms with E-state index < -0.39 is 0 Å². The molecule has 0 radical (unpaired) electrons. The van der Waals surface area contributed by atoms with E-state index >= 15 is 0 Å². The molecule has 0 fully saturated rings. The predicted molar refractivity (Wildman–Crippen MR) is 79.7 cm³/mol. The Hall–Kier alpha value is -2.31. The molecule has 0 spiro atoms. The molecule has 2 aromatic carbocycles. The molecule has 0 saturated heterocycles. The number of nitrogens with zero attached hydrogens (tertiary/aromatic N) is 1. The highest BCUT2D eigenvalue weighted by atomic mass is 16.5. The van der Waals surface area contributed by atoms with Crippen LogP contribution in [0.2, 0.25) is 0 Å². The minimum atomic E-state index is 0.0161. The Morgan fingerprint density at radius 3 is 2.10 bits per heavy atom. The molecule has 0 aliphatic rings. The topological polar surface area (TPSA) is 59.0 Å². The molecule has 0 heterocycles. The Morgan fingerprint density at radius 1 is 1.10 bits per heavy atom. The summed E-state index contributed by atoms with van der Waals surface area (Å²) in [5, 5.41) is 8.95. The molecular weight excluding hydrogens is 248 g/mol. The first-order valence-corrected chi connectivity index (χ1v) is 6.56. The van der Waals surface area contributed by atoms with Gasteiger partial charge in [-0.3, -0.25) is 0 Å². The van der Waals surface area contributed by atoms with E-state index in [2.05, 4.69) is 6.07 Å². The van der Waals surface area contributed by atoms with Gasteiger partial charge in [-0.25, -0.2) is 0 Å². The molecule has 0 amide bonds. The summed E-state index contributed by atoms with van der Waals surface area (Å²) in [6, 6.07) is 13.6. The molecule has 2 rings (SSSR count). The zero-order valence-corrected chi connectivity index (χ0v) is 12.0. The van der Waals surface area contributed by atoms with E-state index in [1.54, 1.807) is 0 Å². The summed E-state index contributed by atoms with van der Waals surface area (Å²) in [4.78, 5) is 0. The van der Waals surface area contributed by atoms with Crippen LogP contribution in [0.5, 0.6) is 11.5 Å². The van der Waals surface area contributed by atoms with Crippen LogP contribution in [0.3, 0.4) is 0 Å². The third-order valence-corrected chi connectivity index (χ3v) is 3.22. The number of benzene rings is 2. The van der Waals surface area contributed by atoms with E-state index in [1.807, 2.05) is 57.2 Å². The average molecular weight is 266 g/mol. The van der Waals surface area contributed by atoms with Crippen LogP contribution in [0.25, 0.3) is 0 Å². The Labute approximate surface area is 119 Å². The number of rotatable bonds is 3. The quantitative estimate of drug-likeness (QED) is 0.913. The molecule has 0 bridgehead atoms. The Morgan fingerprint density at radius 2 is 1.65 bits per heavy atom. The first-order valence-electron chi connectivity index (χ1n) is 6.56. The summed E-state index contributed by atoms with van der Waals surface area (Å²) in [5.41, 5.74) is 9.46. The molecule has 0 aliphatic carbocycles. The molecule has 102 valence electrons. The van der Waals surface area contributed by atoms with E-state index in [-0.39, 0.29) is 6.04 Å². The van der Waals surface area contributed by atoms with Gasteiger partial charge in [-0.2, -0.15) is 5.26 Å². The molecular formula is C17H18N2O. The van der Waals surface area contributed by atoms with E-state index in [0.717, 1.165) is 28.2 Å². The maximum absolute atomic E-state index is 8.95. The highest BCUT2D eigenvalue weighted by Gasteiger charge is 2.08. The fourth-order valence-corrected chi connectivity index (χ4v) is 2.13. The minimum Gasteiger partial charge on any atom is -0.457 e. The van der Waals surface area contributed by atoms with E-state index in [4.69, 9.17) is 15.7 Å². The van der Waals surface area contributed by atoms with Crippen LogP contribution in [0.4, 0.5) is 0 Å². The monoisotopic (exact) mass is 266 g/mol. The van der Waals surface area contributed by atoms with Gasteiger partial charge in [0.2, 0.25) is 0 Å². The van der Waals surface area contributed by atoms with Gasteiger partial charge in [0.15, 0.2) is 0 Å². The number of nitriles is 1. The molecule has 0 aromatic heterocycles. The van der Waals surface area contributed by atoms with Gasteiger partial charge in [-0.15, -0.1) is 0 Å². The highest BCUT2D eigenvalue weighted by molar-refractivity contribution is 5.49. The lowest BCUT2D eigenvalue weighted by Gasteiger charge is -2.13. The summed E-state index contributed by atoms with van der Waals surface area (Å²) in [6.45, 7) is 5.84. The van der Waals surface area contributed by atoms with Crippen molar-refractivity contribution in [2.24, 2.45) is 5.73 Å². The summed E-state index contributed by atoms with van der Waals surface area (Å²) in [6.07, 6.45) is 0. The lowest BCUT2D eigenvalue weighted by Crippen LogP contribution is -2.04. The van der Waals surface area contributed by atoms with Crippen LogP contribution < -0.4 is 10.5 Å². The summed E-state index contributed by atoms with van der Waals surface area (Å²) in [5.74, 6) is 1.57. The summed E-state index contributed by atoms with van der Waals surface area (Å²) in [7, 11) is 0. The maximum Gasteiger partial charge on any atom is 0.133 e. The standard InChI is InChI=1S/C17H18N2O/c1-11-8-14(10-18)9-12(2)17(11)20-16-6-4-15(5-7-16)13(3)19/h4-9,13H,19H2,1-3H3. The molecule has 3 nitrogen and oxygen atoms in total. The van der Waals surface area contributed by atoms with Crippen molar-refractivity contribution in [3.05, 3.63) is 58.7 Å². The second-order valence-corrected chi connectivity index (χ2v) is 5.01. The van der Waals surface area contributed by atoms with Crippen LogP contribution in [-0.4, -0.2) is 0 Å². The highest BCUT2D eigenvalue weighted by Crippen LogP contribution is 2.30. The number of aryl methyl sites for hydroxylation is 2. The molecule has 0 saturated carbocycles. The summed E-state index contributed by atoms with van der Waals surface area (Å²) >= 11 is 0. The number of ether oxygens (including phenoxy) is 1. The third-order valence-electron chi connectivity index (χ3n) is 3.22. The van der Waals surface area contributed by atoms with Gasteiger partial charge < -0.3 is 10.5 Å². The van der Waals surface area contributed by atoms with E-state index in [9.17, 15) is 0 Å². The average Bonchev–Trinajstić information content (AvgIpc) is 2.43. The third kappa shape index (κ3) is 2.98. The van der Waals surface area contributed by atoms with Gasteiger partial charge in [0.1, 0.15) is 11.5 Å². The normalized spacial score (nSPS) is 11.8.